The molecule has 0 atom stereocenters. The van der Waals surface area contributed by atoms with Crippen LogP contribution >= 0.6 is 11.3 Å². The zero-order valence-electron chi connectivity index (χ0n) is 50.1. The van der Waals surface area contributed by atoms with E-state index in [1.807, 2.05) is 66.9 Å². The van der Waals surface area contributed by atoms with Gasteiger partial charge in [0, 0.05) is 47.5 Å². The van der Waals surface area contributed by atoms with E-state index in [-0.39, 0.29) is 0 Å². The lowest BCUT2D eigenvalue weighted by atomic mass is 10.1. The van der Waals surface area contributed by atoms with Gasteiger partial charge in [-0.3, -0.25) is 0 Å². The van der Waals surface area contributed by atoms with Gasteiger partial charge in [0.25, 0.3) is 0 Å². The molecule has 5 aromatic heterocycles. The van der Waals surface area contributed by atoms with E-state index in [0.29, 0.717) is 41.5 Å². The van der Waals surface area contributed by atoms with Gasteiger partial charge in [-0.15, -0.1) is 11.3 Å². The quantitative estimate of drug-likeness (QED) is 0.164. The molecule has 0 unspecified atom stereocenters. The Morgan fingerprint density at radius 2 is 0.932 bits per heavy atom. The third-order valence-electron chi connectivity index (χ3n) is 10.0. The fourth-order valence-corrected chi connectivity index (χ4v) is 7.44. The van der Waals surface area contributed by atoms with Crippen LogP contribution in [0.3, 0.4) is 0 Å². The first kappa shape index (κ1) is 64.5. The first-order valence-corrected chi connectivity index (χ1v) is 28.2. The van der Waals surface area contributed by atoms with Crippen LogP contribution in [0.1, 0.15) is 235 Å². The number of hydrogen-bond donors (Lipinski definition) is 2. The number of rotatable bonds is 7. The van der Waals surface area contributed by atoms with Gasteiger partial charge < -0.3 is 19.0 Å². The molecule has 4 aromatic carbocycles. The number of aromatic amines is 2. The topological polar surface area (TPSA) is 114 Å². The van der Waals surface area contributed by atoms with Gasteiger partial charge >= 0.3 is 0 Å². The van der Waals surface area contributed by atoms with Crippen molar-refractivity contribution in [3.63, 3.8) is 0 Å². The maximum absolute atomic E-state index is 5.52. The molecule has 0 bridgehead atoms. The third-order valence-corrected chi connectivity index (χ3v) is 11.3. The molecular formula is C64H98N8OS. The summed E-state index contributed by atoms with van der Waals surface area (Å²) in [5, 5.41) is 1.23. The number of nitrogens with one attached hydrogen (secondary N) is 2. The highest BCUT2D eigenvalue weighted by molar-refractivity contribution is 7.18. The number of imidazole rings is 3. The van der Waals surface area contributed by atoms with Crippen molar-refractivity contribution in [2.45, 2.75) is 201 Å². The summed E-state index contributed by atoms with van der Waals surface area (Å²) >= 11 is 1.79. The van der Waals surface area contributed by atoms with Crippen LogP contribution < -0.4 is 0 Å². The van der Waals surface area contributed by atoms with Gasteiger partial charge in [-0.1, -0.05) is 194 Å². The van der Waals surface area contributed by atoms with Gasteiger partial charge in [0.05, 0.1) is 37.3 Å². The average molecular weight is 1030 g/mol. The van der Waals surface area contributed by atoms with E-state index < -0.39 is 0 Å². The number of oxazole rings is 1. The van der Waals surface area contributed by atoms with Crippen molar-refractivity contribution in [1.82, 2.24) is 39.5 Å². The summed E-state index contributed by atoms with van der Waals surface area (Å²) in [6, 6.07) is 33.0. The average Bonchev–Trinajstić information content (AvgIpc) is 4.17. The lowest BCUT2D eigenvalue weighted by Crippen LogP contribution is -2.07. The predicted molar refractivity (Wildman–Crippen MR) is 324 cm³/mol. The highest BCUT2D eigenvalue weighted by Crippen LogP contribution is 2.28. The molecule has 10 heteroatoms. The van der Waals surface area contributed by atoms with Gasteiger partial charge in [0.1, 0.15) is 23.0 Å². The normalized spacial score (nSPS) is 11.0. The summed E-state index contributed by atoms with van der Waals surface area (Å²) in [4.78, 5) is 28.9. The number of thiazole rings is 1. The smallest absolute Gasteiger partial charge is 0.198 e. The molecule has 406 valence electrons. The van der Waals surface area contributed by atoms with Crippen LogP contribution in [0.5, 0.6) is 0 Å². The first-order valence-electron chi connectivity index (χ1n) is 27.4. The molecule has 0 aliphatic rings. The molecule has 0 fully saturated rings. The Hall–Kier alpha value is -5.61. The molecule has 9 nitrogen and oxygen atoms in total. The molecule has 0 amide bonds. The van der Waals surface area contributed by atoms with Gasteiger partial charge in [-0.05, 0) is 86.1 Å². The zero-order valence-corrected chi connectivity index (χ0v) is 50.9. The molecule has 0 radical (unpaired) electrons. The van der Waals surface area contributed by atoms with E-state index in [9.17, 15) is 0 Å². The highest BCUT2D eigenvalue weighted by Gasteiger charge is 2.15. The minimum Gasteiger partial charge on any atom is -0.440 e. The van der Waals surface area contributed by atoms with Gasteiger partial charge in [-0.25, -0.2) is 24.9 Å². The minimum atomic E-state index is 0.359. The Bertz CT molecular complexity index is 2550. The standard InChI is InChI=1S/C13H18N2.C10H12N2.C10H11NO.C10H11NS.C9H16N2.3C4H10/c1-9(2)13-14-11-7-5-6-8-12(11)15(13)10(3)4;3*1-7(2)10-11-8-5-3-4-6-9(8)12-10;1-6(2)8-5-10-9(11-8)7(3)4;3*1-4(2)3/h5-10H,1-4H3;3-7H,1-2H3,(H,11,12);2*3-7H,1-2H3;5-7H,1-4H3,(H,10,11);3*4H,1-3H3. The van der Waals surface area contributed by atoms with E-state index >= 15 is 0 Å². The summed E-state index contributed by atoms with van der Waals surface area (Å²) in [5.41, 5.74) is 8.72. The van der Waals surface area contributed by atoms with E-state index in [1.54, 1.807) is 11.3 Å². The molecule has 74 heavy (non-hydrogen) atoms. The van der Waals surface area contributed by atoms with Crippen LogP contribution in [-0.2, 0) is 0 Å². The van der Waals surface area contributed by atoms with Crippen LogP contribution in [-0.4, -0.2) is 39.5 Å². The van der Waals surface area contributed by atoms with Crippen LogP contribution in [0.4, 0.5) is 0 Å². The number of para-hydroxylation sites is 7. The second kappa shape index (κ2) is 32.6. The number of fused-ring (bicyclic) bond motifs is 4. The Kier molecular flexibility index (Phi) is 28.5. The summed E-state index contributed by atoms with van der Waals surface area (Å²) in [7, 11) is 0. The number of H-pyrrole nitrogens is 2. The monoisotopic (exact) mass is 1030 g/mol. The number of benzene rings is 4. The summed E-state index contributed by atoms with van der Waals surface area (Å²) in [5.74, 6) is 9.56. The van der Waals surface area contributed by atoms with E-state index in [0.717, 1.165) is 68.5 Å². The Balaban J connectivity index is 0.000000301. The van der Waals surface area contributed by atoms with Crippen LogP contribution in [0.2, 0.25) is 0 Å². The maximum atomic E-state index is 5.52. The minimum absolute atomic E-state index is 0.359. The van der Waals surface area contributed by atoms with Crippen molar-refractivity contribution in [3.8, 4) is 0 Å². The van der Waals surface area contributed by atoms with Crippen molar-refractivity contribution >= 4 is 54.7 Å². The molecule has 0 aliphatic carbocycles. The van der Waals surface area contributed by atoms with Crippen molar-refractivity contribution < 1.29 is 4.42 Å². The van der Waals surface area contributed by atoms with E-state index in [2.05, 4.69) is 230 Å². The summed E-state index contributed by atoms with van der Waals surface area (Å²) in [6.07, 6.45) is 1.93. The summed E-state index contributed by atoms with van der Waals surface area (Å²) < 4.78 is 9.14. The summed E-state index contributed by atoms with van der Waals surface area (Å²) in [6.45, 7) is 49.7. The molecule has 9 rings (SSSR count). The number of nitrogens with zero attached hydrogens (tertiary/aromatic N) is 6. The van der Waals surface area contributed by atoms with E-state index in [1.165, 1.54) is 26.7 Å². The zero-order chi connectivity index (χ0) is 55.8. The molecule has 0 saturated carbocycles. The molecule has 9 aromatic rings. The highest BCUT2D eigenvalue weighted by atomic mass is 32.1. The van der Waals surface area contributed by atoms with Crippen LogP contribution in [0.25, 0.3) is 43.4 Å². The Morgan fingerprint density at radius 1 is 0.432 bits per heavy atom. The molecule has 2 N–H and O–H groups in total. The van der Waals surface area contributed by atoms with Crippen molar-refractivity contribution in [3.05, 3.63) is 137 Å². The molecule has 0 saturated heterocycles. The fraction of sp³-hybridized carbons (Fsp3) is 0.516. The number of aromatic nitrogens is 8. The Labute approximate surface area is 452 Å². The molecule has 0 aliphatic heterocycles. The largest absolute Gasteiger partial charge is 0.440 e. The third kappa shape index (κ3) is 22.9. The van der Waals surface area contributed by atoms with Crippen molar-refractivity contribution in [2.24, 2.45) is 17.8 Å². The SMILES string of the molecule is CC(C)C.CC(C)C.CC(C)C.CC(C)c1cnc(C(C)C)[nH]1.CC(C)c1nc2ccccc2[nH]1.CC(C)c1nc2ccccc2n1C(C)C.CC(C)c1nc2ccccc2o1.CC(C)c1nc2ccccc2s1. The fourth-order valence-electron chi connectivity index (χ4n) is 6.47. The van der Waals surface area contributed by atoms with Gasteiger partial charge in [0.15, 0.2) is 11.5 Å². The molecule has 0 spiro atoms. The number of hydrogen-bond acceptors (Lipinski definition) is 7. The lowest BCUT2D eigenvalue weighted by Gasteiger charge is -2.14. The van der Waals surface area contributed by atoms with Gasteiger partial charge in [0.2, 0.25) is 0 Å². The maximum Gasteiger partial charge on any atom is 0.198 e. The molecule has 5 heterocycles. The van der Waals surface area contributed by atoms with Crippen LogP contribution in [0.15, 0.2) is 108 Å². The van der Waals surface area contributed by atoms with Crippen LogP contribution in [0, 0.1) is 17.8 Å². The predicted octanol–water partition coefficient (Wildman–Crippen LogP) is 20.4. The van der Waals surface area contributed by atoms with Crippen molar-refractivity contribution in [1.29, 1.82) is 0 Å². The van der Waals surface area contributed by atoms with Gasteiger partial charge in [-0.2, -0.15) is 0 Å². The Morgan fingerprint density at radius 3 is 1.38 bits per heavy atom. The second-order valence-corrected chi connectivity index (χ2v) is 24.0. The lowest BCUT2D eigenvalue weighted by molar-refractivity contribution is 0.501. The van der Waals surface area contributed by atoms with Crippen molar-refractivity contribution in [2.75, 3.05) is 0 Å². The van der Waals surface area contributed by atoms with E-state index in [4.69, 9.17) is 9.40 Å². The second-order valence-electron chi connectivity index (χ2n) is 22.9. The first-order chi connectivity index (χ1) is 34.7. The molecular weight excluding hydrogens is 929 g/mol.